The summed E-state index contributed by atoms with van der Waals surface area (Å²) in [6, 6.07) is 97.8. The predicted molar refractivity (Wildman–Crippen MR) is 309 cm³/mol. The molecule has 1 heteroatoms. The summed E-state index contributed by atoms with van der Waals surface area (Å²) < 4.78 is 6.37. The minimum absolute atomic E-state index is 0.178. The van der Waals surface area contributed by atoms with Crippen LogP contribution in [0.3, 0.4) is 0 Å². The van der Waals surface area contributed by atoms with E-state index in [-0.39, 0.29) is 17.8 Å². The van der Waals surface area contributed by atoms with Crippen LogP contribution in [0.15, 0.2) is 265 Å². The van der Waals surface area contributed by atoms with Gasteiger partial charge in [0.15, 0.2) is 0 Å². The van der Waals surface area contributed by atoms with Crippen LogP contribution in [0.5, 0.6) is 0 Å². The van der Waals surface area contributed by atoms with Crippen LogP contribution in [0.1, 0.15) is 92.3 Å². The summed E-state index contributed by atoms with van der Waals surface area (Å²) in [5, 5.41) is 4.99. The number of hydrogen-bond donors (Lipinski definition) is 0. The van der Waals surface area contributed by atoms with Crippen LogP contribution >= 0.6 is 0 Å². The zero-order valence-corrected chi connectivity index (χ0v) is 42.1. The monoisotopic (exact) mass is 950 g/mol. The fourth-order valence-corrected chi connectivity index (χ4v) is 12.7. The smallest absolute Gasteiger partial charge is 0.135 e. The van der Waals surface area contributed by atoms with Crippen LogP contribution in [0, 0.1) is 6.92 Å². The second-order valence-corrected chi connectivity index (χ2v) is 20.7. The van der Waals surface area contributed by atoms with Gasteiger partial charge in [0.25, 0.3) is 0 Å². The van der Waals surface area contributed by atoms with E-state index in [4.69, 9.17) is 4.42 Å². The summed E-state index contributed by atoms with van der Waals surface area (Å²) in [5.74, 6) is 0.596. The van der Waals surface area contributed by atoms with Gasteiger partial charge in [0.1, 0.15) is 11.2 Å². The number of furan rings is 1. The first-order valence-electron chi connectivity index (χ1n) is 26.5. The normalized spacial score (nSPS) is 13.9. The number of aryl methyl sites for hydroxylation is 2. The average Bonchev–Trinajstić information content (AvgIpc) is 4.00. The number of benzene rings is 11. The highest BCUT2D eigenvalue weighted by Gasteiger charge is 2.47. The van der Waals surface area contributed by atoms with Crippen molar-refractivity contribution in [1.29, 1.82) is 0 Å². The van der Waals surface area contributed by atoms with E-state index >= 15 is 0 Å². The van der Waals surface area contributed by atoms with Crippen molar-refractivity contribution in [3.63, 3.8) is 0 Å². The van der Waals surface area contributed by atoms with Crippen molar-refractivity contribution in [2.24, 2.45) is 0 Å². The maximum Gasteiger partial charge on any atom is 0.135 e. The van der Waals surface area contributed by atoms with E-state index in [1.807, 2.05) is 0 Å². The minimum atomic E-state index is -0.575. The van der Waals surface area contributed by atoms with Gasteiger partial charge in [0.2, 0.25) is 0 Å². The van der Waals surface area contributed by atoms with Gasteiger partial charge in [0, 0.05) is 16.7 Å². The van der Waals surface area contributed by atoms with E-state index in [1.54, 1.807) is 0 Å². The van der Waals surface area contributed by atoms with Crippen LogP contribution in [0.25, 0.3) is 55.0 Å². The molecule has 0 saturated carbocycles. The molecule has 0 fully saturated rings. The number of para-hydroxylation sites is 1. The molecule has 1 aliphatic rings. The van der Waals surface area contributed by atoms with E-state index in [2.05, 4.69) is 275 Å². The third-order valence-electron chi connectivity index (χ3n) is 16.5. The Balaban J connectivity index is 0.967. The van der Waals surface area contributed by atoms with Crippen molar-refractivity contribution in [2.45, 2.75) is 56.3 Å². The Morgan fingerprint density at radius 3 is 1.65 bits per heavy atom. The Kier molecular flexibility index (Phi) is 11.7. The van der Waals surface area contributed by atoms with Gasteiger partial charge in [0.05, 0.1) is 5.41 Å². The van der Waals surface area contributed by atoms with Crippen LogP contribution in [0.2, 0.25) is 0 Å². The Bertz CT molecular complexity index is 3890. The van der Waals surface area contributed by atoms with Crippen molar-refractivity contribution in [1.82, 2.24) is 0 Å². The maximum atomic E-state index is 6.37. The quantitative estimate of drug-likeness (QED) is 0.112. The van der Waals surface area contributed by atoms with Gasteiger partial charge in [-0.3, -0.25) is 0 Å². The Hall–Kier alpha value is -8.52. The first kappa shape index (κ1) is 45.4. The summed E-state index contributed by atoms with van der Waals surface area (Å²) >= 11 is 0. The van der Waals surface area contributed by atoms with Gasteiger partial charge >= 0.3 is 0 Å². The van der Waals surface area contributed by atoms with Crippen molar-refractivity contribution in [3.05, 3.63) is 322 Å². The van der Waals surface area contributed by atoms with Crippen LogP contribution in [-0.4, -0.2) is 0 Å². The highest BCUT2D eigenvalue weighted by Crippen LogP contribution is 2.59. The van der Waals surface area contributed by atoms with Gasteiger partial charge < -0.3 is 4.42 Å². The molecule has 11 aromatic carbocycles. The summed E-state index contributed by atoms with van der Waals surface area (Å²) in [4.78, 5) is 0. The van der Waals surface area contributed by atoms with Crippen molar-refractivity contribution in [3.8, 4) is 22.3 Å². The fraction of sp³-hybridized carbons (Fsp3) is 0.123. The van der Waals surface area contributed by atoms with Crippen LogP contribution < -0.4 is 0 Å². The molecule has 0 aliphatic heterocycles. The summed E-state index contributed by atoms with van der Waals surface area (Å²) in [6.45, 7) is 4.64. The minimum Gasteiger partial charge on any atom is -0.456 e. The first-order valence-corrected chi connectivity index (χ1v) is 26.5. The summed E-state index contributed by atoms with van der Waals surface area (Å²) in [7, 11) is 0. The molecule has 1 heterocycles. The van der Waals surface area contributed by atoms with E-state index in [1.165, 1.54) is 99.6 Å². The van der Waals surface area contributed by atoms with Gasteiger partial charge in [-0.25, -0.2) is 0 Å². The first-order chi connectivity index (χ1) is 36.5. The average molecular weight is 951 g/mol. The molecule has 1 aliphatic carbocycles. The standard InChI is InChI=1S/C73H58O/c1-49-31-33-54(34-32-49)61(55-37-35-53(36-38-55)52-21-9-4-10-22-52)42-40-58-48-69-72(64-29-16-15-27-62(58)64)65-43-39-56(47-68(65)73(69,59-23-11-5-12-24-59)60-25-13-6-14-26-60)50(2)66(45-51-19-7-3-8-20-51)57-41-44-71-67(46-57)63-28-17-18-30-70(63)74-71/h3-39,41,43-44,46-48,50,61,66H,40,42,45H2,1-2H3. The topological polar surface area (TPSA) is 13.1 Å². The molecule has 3 atom stereocenters. The molecule has 1 nitrogen and oxygen atoms in total. The highest BCUT2D eigenvalue weighted by molar-refractivity contribution is 6.06. The lowest BCUT2D eigenvalue weighted by molar-refractivity contribution is 0.571. The highest BCUT2D eigenvalue weighted by atomic mass is 16.3. The zero-order chi connectivity index (χ0) is 49.6. The molecule has 12 aromatic rings. The zero-order valence-electron chi connectivity index (χ0n) is 42.1. The second kappa shape index (κ2) is 19.2. The molecule has 13 rings (SSSR count). The summed E-state index contributed by atoms with van der Waals surface area (Å²) in [6.07, 6.45) is 2.80. The molecule has 3 unspecified atom stereocenters. The number of fused-ring (bicyclic) bond motifs is 8. The lowest BCUT2D eigenvalue weighted by Crippen LogP contribution is -2.29. The molecule has 356 valence electrons. The molecule has 0 N–H and O–H groups in total. The number of rotatable bonds is 13. The fourth-order valence-electron chi connectivity index (χ4n) is 12.7. The molecule has 0 radical (unpaired) electrons. The Morgan fingerprint density at radius 1 is 0.419 bits per heavy atom. The van der Waals surface area contributed by atoms with E-state index in [0.717, 1.165) is 35.8 Å². The summed E-state index contributed by atoms with van der Waals surface area (Å²) in [5.41, 5.74) is 21.1. The predicted octanol–water partition coefficient (Wildman–Crippen LogP) is 19.0. The lowest BCUT2D eigenvalue weighted by atomic mass is 9.66. The molecule has 0 spiro atoms. The second-order valence-electron chi connectivity index (χ2n) is 20.7. The van der Waals surface area contributed by atoms with Gasteiger partial charge in [-0.15, -0.1) is 0 Å². The van der Waals surface area contributed by atoms with Crippen LogP contribution in [-0.2, 0) is 18.3 Å². The maximum absolute atomic E-state index is 6.37. The molecular formula is C73H58O. The van der Waals surface area contributed by atoms with Gasteiger partial charge in [-0.1, -0.05) is 255 Å². The van der Waals surface area contributed by atoms with Crippen molar-refractivity contribution >= 4 is 32.7 Å². The van der Waals surface area contributed by atoms with Gasteiger partial charge in [-0.05, 0) is 145 Å². The SMILES string of the molecule is Cc1ccc(C(CCc2cc3c(c4ccccc24)-c2ccc(C(C)C(Cc4ccccc4)c4ccc5oc6ccccc6c5c4)cc2C3(c2ccccc2)c2ccccc2)c2ccc(-c3ccccc3)cc2)cc1. The van der Waals surface area contributed by atoms with E-state index in [9.17, 15) is 0 Å². The Labute approximate surface area is 435 Å². The van der Waals surface area contributed by atoms with Crippen LogP contribution in [0.4, 0.5) is 0 Å². The largest absolute Gasteiger partial charge is 0.456 e. The molecule has 0 amide bonds. The van der Waals surface area contributed by atoms with E-state index in [0.29, 0.717) is 0 Å². The van der Waals surface area contributed by atoms with Crippen molar-refractivity contribution < 1.29 is 4.42 Å². The van der Waals surface area contributed by atoms with Crippen molar-refractivity contribution in [2.75, 3.05) is 0 Å². The lowest BCUT2D eigenvalue weighted by Gasteiger charge is -2.35. The molecule has 0 bridgehead atoms. The Morgan fingerprint density at radius 2 is 0.959 bits per heavy atom. The van der Waals surface area contributed by atoms with Gasteiger partial charge in [-0.2, -0.15) is 0 Å². The van der Waals surface area contributed by atoms with E-state index < -0.39 is 5.41 Å². The number of hydrogen-bond acceptors (Lipinski definition) is 1. The third kappa shape index (κ3) is 7.96. The molecule has 1 aromatic heterocycles. The molecular weight excluding hydrogens is 893 g/mol. The third-order valence-corrected chi connectivity index (χ3v) is 16.5. The molecule has 0 saturated heterocycles. The molecule has 74 heavy (non-hydrogen) atoms.